The summed E-state index contributed by atoms with van der Waals surface area (Å²) in [5, 5.41) is 35.1. The van der Waals surface area contributed by atoms with Gasteiger partial charge in [0.25, 0.3) is 35.4 Å². The van der Waals surface area contributed by atoms with Crippen LogP contribution in [0.5, 0.6) is 0 Å². The van der Waals surface area contributed by atoms with Crippen LogP contribution in [0.25, 0.3) is 85.9 Å². The number of nitrogens with two attached hydrogens (primary N) is 5. The Hall–Kier alpha value is -12.7. The predicted molar refractivity (Wildman–Crippen MR) is 366 cm³/mol. The van der Waals surface area contributed by atoms with Crippen molar-refractivity contribution >= 4 is 74.9 Å². The highest BCUT2D eigenvalue weighted by Gasteiger charge is 2.21. The molecule has 0 aliphatic carbocycles. The zero-order valence-corrected chi connectivity index (χ0v) is 55.1. The Kier molecular flexibility index (Phi) is 23.6. The third-order valence-corrected chi connectivity index (χ3v) is 14.1. The molecule has 1 unspecified atom stereocenters. The quantitative estimate of drug-likeness (QED) is 0.0232. The zero-order chi connectivity index (χ0) is 70.9. The highest BCUT2D eigenvalue weighted by atomic mass is 79.9. The summed E-state index contributed by atoms with van der Waals surface area (Å²) in [5.41, 5.74) is 33.9. The zero-order valence-electron chi connectivity index (χ0n) is 53.6. The van der Waals surface area contributed by atoms with Crippen molar-refractivity contribution in [1.29, 1.82) is 0 Å². The van der Waals surface area contributed by atoms with Crippen molar-refractivity contribution in [2.45, 2.75) is 6.10 Å². The summed E-state index contributed by atoms with van der Waals surface area (Å²) in [6, 6.07) is 35.2. The van der Waals surface area contributed by atoms with Crippen molar-refractivity contribution in [3.63, 3.8) is 0 Å². The van der Waals surface area contributed by atoms with Gasteiger partial charge in [0, 0.05) is 86.8 Å². The first-order chi connectivity index (χ1) is 46.9. The molecule has 5 aromatic carbocycles. The van der Waals surface area contributed by atoms with Crippen LogP contribution in [0.4, 0.5) is 23.3 Å². The summed E-state index contributed by atoms with van der Waals surface area (Å²) in [5.74, 6) is 4.84. The highest BCUT2D eigenvalue weighted by molar-refractivity contribution is 9.10. The van der Waals surface area contributed by atoms with Crippen LogP contribution in [-0.4, -0.2) is 171 Å². The second-order valence-electron chi connectivity index (χ2n) is 21.2. The van der Waals surface area contributed by atoms with Gasteiger partial charge in [0.1, 0.15) is 10.7 Å². The smallest absolute Gasteiger partial charge is 0.360 e. The standard InChI is InChI=1S/C23H22N6O4.C23H20N6O2.C14H16N6O2.C6H6BrN3O2/c1-29(2)23(32)16-9-3-13(4-10-16)17-11-25-20(24)19(26-17)22-28-27-21(33-22)15-7-5-14(6-8-15)18(31)12-30;1-4-14-5-7-16(8-6-14)21-27-28-22(31-21)19-20(24)25-13-18(26-19)15-9-11-17(12-10-15)23(30)29(2)3;1-20(2)14(22)9-5-3-8(4-6-9)10-7-17-12(15)11(18-10)13(21)19-16;1-12-6(11)4-5(8)9-2-3(7)10-4/h3-11,18,30-31H,12H2,1-2H3,(H2,24,25);4-13H,1H2,2-3H3,(H2,24,25);3-7H,16H2,1-2H3,(H2,15,17)(H,19,21);2H,1H3,(H2,8,9). The third-order valence-electron chi connectivity index (χ3n) is 13.8. The number of carbonyl (C=O) groups is 5. The third kappa shape index (κ3) is 17.6. The average molecular weight is 1390 g/mol. The number of carbonyl (C=O) groups excluding carboxylic acids is 5. The summed E-state index contributed by atoms with van der Waals surface area (Å²) in [6.45, 7) is 3.37. The van der Waals surface area contributed by atoms with Crippen molar-refractivity contribution in [3.05, 3.63) is 197 Å². The highest BCUT2D eigenvalue weighted by Crippen LogP contribution is 2.31. The van der Waals surface area contributed by atoms with Gasteiger partial charge in [0.05, 0.1) is 55.6 Å². The number of nitrogen functional groups attached to an aromatic ring is 5. The lowest BCUT2D eigenvalue weighted by atomic mass is 10.1. The Balaban J connectivity index is 0.000000175. The first-order valence-electron chi connectivity index (χ1n) is 28.9. The molecule has 0 radical (unpaired) electrons. The molecule has 0 fully saturated rings. The van der Waals surface area contributed by atoms with Crippen LogP contribution in [0.2, 0.25) is 0 Å². The van der Waals surface area contributed by atoms with Crippen LogP contribution in [0.1, 0.15) is 69.3 Å². The molecule has 4 amide bonds. The van der Waals surface area contributed by atoms with E-state index in [4.69, 9.17) is 42.7 Å². The van der Waals surface area contributed by atoms with Crippen LogP contribution in [0, 0.1) is 0 Å². The van der Waals surface area contributed by atoms with Gasteiger partial charge in [-0.1, -0.05) is 73.3 Å². The number of esters is 1. The van der Waals surface area contributed by atoms with Crippen molar-refractivity contribution in [2.75, 3.05) is 78.9 Å². The molecule has 6 aromatic heterocycles. The second-order valence-corrected chi connectivity index (χ2v) is 22.0. The van der Waals surface area contributed by atoms with E-state index in [9.17, 15) is 29.1 Å². The van der Waals surface area contributed by atoms with E-state index in [1.54, 1.807) is 152 Å². The molecular formula is C66H64BrN21O10. The number of amides is 4. The molecule has 1 atom stereocenters. The fourth-order valence-electron chi connectivity index (χ4n) is 8.50. The largest absolute Gasteiger partial charge is 0.464 e. The minimum atomic E-state index is -0.954. The lowest BCUT2D eigenvalue weighted by molar-refractivity contribution is 0.0593. The fourth-order valence-corrected chi connectivity index (χ4v) is 8.78. The molecule has 13 N–H and O–H groups in total. The maximum Gasteiger partial charge on any atom is 0.360 e. The molecule has 11 rings (SSSR count). The number of ether oxygens (including phenoxy) is 1. The van der Waals surface area contributed by atoms with Gasteiger partial charge in [-0.05, 0) is 87.7 Å². The Morgan fingerprint density at radius 3 is 1.26 bits per heavy atom. The predicted octanol–water partition coefficient (Wildman–Crippen LogP) is 6.60. The minimum Gasteiger partial charge on any atom is -0.464 e. The number of methoxy groups -OCH3 is 1. The van der Waals surface area contributed by atoms with Gasteiger partial charge in [-0.3, -0.25) is 24.6 Å². The van der Waals surface area contributed by atoms with Gasteiger partial charge in [0.2, 0.25) is 11.8 Å². The van der Waals surface area contributed by atoms with E-state index in [2.05, 4.69) is 87.5 Å². The molecular weight excluding hydrogens is 1330 g/mol. The number of benzene rings is 5. The summed E-state index contributed by atoms with van der Waals surface area (Å²) in [4.78, 5) is 96.2. The first kappa shape index (κ1) is 71.2. The monoisotopic (exact) mass is 1390 g/mol. The van der Waals surface area contributed by atoms with E-state index in [0.29, 0.717) is 66.7 Å². The number of nitrogens with zero attached hydrogens (tertiary/aromatic N) is 15. The van der Waals surface area contributed by atoms with Crippen molar-refractivity contribution < 1.29 is 47.8 Å². The molecule has 98 heavy (non-hydrogen) atoms. The van der Waals surface area contributed by atoms with E-state index in [-0.39, 0.29) is 82.4 Å². The van der Waals surface area contributed by atoms with Gasteiger partial charge in [0.15, 0.2) is 46.0 Å². The number of nitrogens with one attached hydrogen (secondary N) is 1. The Bertz CT molecular complexity index is 4650. The van der Waals surface area contributed by atoms with E-state index in [0.717, 1.165) is 22.3 Å². The lowest BCUT2D eigenvalue weighted by Crippen LogP contribution is -2.31. The number of anilines is 4. The van der Waals surface area contributed by atoms with Gasteiger partial charge in [-0.15, -0.1) is 20.4 Å². The Morgan fingerprint density at radius 1 is 0.520 bits per heavy atom. The molecule has 0 bridgehead atoms. The fraction of sp³-hybridized carbons (Fsp3) is 0.136. The summed E-state index contributed by atoms with van der Waals surface area (Å²) in [7, 11) is 11.4. The molecule has 6 heterocycles. The maximum absolute atomic E-state index is 12.1. The maximum atomic E-state index is 12.1. The van der Waals surface area contributed by atoms with Gasteiger partial charge < -0.3 is 61.4 Å². The van der Waals surface area contributed by atoms with Crippen LogP contribution < -0.4 is 34.2 Å². The van der Waals surface area contributed by atoms with Crippen LogP contribution in [-0.2, 0) is 4.74 Å². The number of hydrogen-bond donors (Lipinski definition) is 8. The van der Waals surface area contributed by atoms with E-state index < -0.39 is 18.0 Å². The molecule has 0 aliphatic rings. The summed E-state index contributed by atoms with van der Waals surface area (Å²) < 4.78 is 16.4. The Morgan fingerprint density at radius 2 is 0.878 bits per heavy atom. The number of aliphatic hydroxyl groups is 2. The molecule has 0 spiro atoms. The second kappa shape index (κ2) is 32.5. The number of hydrogen-bond acceptors (Lipinski definition) is 27. The van der Waals surface area contributed by atoms with Gasteiger partial charge >= 0.3 is 5.97 Å². The molecule has 500 valence electrons. The number of aliphatic hydroxyl groups excluding tert-OH is 2. The number of aromatic nitrogens is 12. The molecule has 11 aromatic rings. The van der Waals surface area contributed by atoms with Crippen molar-refractivity contribution in [2.24, 2.45) is 5.84 Å². The van der Waals surface area contributed by atoms with Crippen LogP contribution in [0.3, 0.4) is 0 Å². The first-order valence-corrected chi connectivity index (χ1v) is 29.7. The number of hydrazine groups is 1. The SMILES string of the molecule is C=Cc1ccc(-c2nnc(-c3nc(-c4ccc(C(=O)N(C)C)cc4)cnc3N)o2)cc1.CN(C)C(=O)c1ccc(-c2cnc(N)c(-c3nnc(-c4ccc(C(O)CO)cc4)o3)n2)cc1.CN(C)C(=O)c1ccc(-c2cnc(N)c(C(=O)NN)n2)cc1.COC(=O)c1nc(Br)cnc1N. The van der Waals surface area contributed by atoms with Crippen molar-refractivity contribution in [1.82, 2.24) is 80.4 Å². The Labute approximate surface area is 567 Å². The lowest BCUT2D eigenvalue weighted by Gasteiger charge is -2.10. The van der Waals surface area contributed by atoms with Crippen LogP contribution in [0.15, 0.2) is 166 Å². The molecule has 31 nitrogen and oxygen atoms in total. The average Bonchev–Trinajstić information content (AvgIpc) is 1.13. The molecule has 0 aliphatic heterocycles. The molecule has 32 heteroatoms. The normalized spacial score (nSPS) is 10.8. The van der Waals surface area contributed by atoms with E-state index in [1.165, 1.54) is 40.4 Å². The van der Waals surface area contributed by atoms with E-state index >= 15 is 0 Å². The van der Waals surface area contributed by atoms with E-state index in [1.807, 2.05) is 29.7 Å². The van der Waals surface area contributed by atoms with Gasteiger partial charge in [-0.25, -0.2) is 50.5 Å². The molecule has 0 saturated carbocycles. The minimum absolute atomic E-state index is 0.00824. The molecule has 0 saturated heterocycles. The summed E-state index contributed by atoms with van der Waals surface area (Å²) in [6.07, 6.45) is 6.75. The number of rotatable bonds is 15. The summed E-state index contributed by atoms with van der Waals surface area (Å²) >= 11 is 3.06. The van der Waals surface area contributed by atoms with Crippen molar-refractivity contribution in [3.8, 4) is 79.8 Å². The topological polar surface area (TPSA) is 468 Å². The van der Waals surface area contributed by atoms with Gasteiger partial charge in [-0.2, -0.15) is 0 Å². The van der Waals surface area contributed by atoms with Crippen LogP contribution >= 0.6 is 15.9 Å². The number of halogens is 1.